The highest BCUT2D eigenvalue weighted by Gasteiger charge is 2.13. The van der Waals surface area contributed by atoms with Crippen LogP contribution in [-0.2, 0) is 0 Å². The van der Waals surface area contributed by atoms with E-state index in [0.717, 1.165) is 5.56 Å². The van der Waals surface area contributed by atoms with Gasteiger partial charge in [-0.05, 0) is 59.5 Å². The molecule has 120 valence electrons. The van der Waals surface area contributed by atoms with Crippen LogP contribution in [-0.4, -0.2) is 0 Å². The van der Waals surface area contributed by atoms with Crippen LogP contribution in [0.2, 0.25) is 0 Å². The first kappa shape index (κ1) is 16.1. The normalized spacial score (nSPS) is 15.8. The van der Waals surface area contributed by atoms with Crippen LogP contribution in [0.15, 0.2) is 66.9 Å². The quantitative estimate of drug-likeness (QED) is 0.731. The van der Waals surface area contributed by atoms with E-state index < -0.39 is 0 Å². The van der Waals surface area contributed by atoms with Crippen LogP contribution in [0.4, 0.5) is 0 Å². The fraction of sp³-hybridized carbons (Fsp3) is 0.217. The van der Waals surface area contributed by atoms with Gasteiger partial charge in [0.2, 0.25) is 0 Å². The molecule has 0 bridgehead atoms. The number of hydrogen-bond donors (Lipinski definition) is 1. The Bertz CT molecular complexity index is 827. The summed E-state index contributed by atoms with van der Waals surface area (Å²) in [4.78, 5) is 0. The lowest BCUT2D eigenvalue weighted by Gasteiger charge is -2.19. The summed E-state index contributed by atoms with van der Waals surface area (Å²) in [7, 11) is 0. The maximum absolute atomic E-state index is 3.40. The Labute approximate surface area is 145 Å². The Morgan fingerprint density at radius 1 is 0.958 bits per heavy atom. The van der Waals surface area contributed by atoms with Crippen LogP contribution in [0.5, 0.6) is 0 Å². The fourth-order valence-electron chi connectivity index (χ4n) is 2.95. The molecule has 1 unspecified atom stereocenters. The molecule has 1 aliphatic rings. The standard InChI is InChI=1S/C23H23N/c1-4-7-20-13-14-21(16-22(20)23-8-5-6-15-24-23)19-11-9-18(10-12-19)17(2)3/h5-6,8-17,23-24H,1-3H3. The largest absolute Gasteiger partial charge is 0.381 e. The average Bonchev–Trinajstić information content (AvgIpc) is 2.63. The molecule has 2 aromatic rings. The van der Waals surface area contributed by atoms with E-state index >= 15 is 0 Å². The first-order valence-corrected chi connectivity index (χ1v) is 8.45. The van der Waals surface area contributed by atoms with Gasteiger partial charge in [0.25, 0.3) is 0 Å². The first-order chi connectivity index (χ1) is 11.7. The van der Waals surface area contributed by atoms with Crippen LogP contribution >= 0.6 is 0 Å². The van der Waals surface area contributed by atoms with Crippen molar-refractivity contribution in [3.63, 3.8) is 0 Å². The number of benzene rings is 2. The summed E-state index contributed by atoms with van der Waals surface area (Å²) in [5.74, 6) is 6.81. The van der Waals surface area contributed by atoms with Crippen molar-refractivity contribution in [1.29, 1.82) is 0 Å². The third kappa shape index (κ3) is 3.44. The molecule has 0 spiro atoms. The van der Waals surface area contributed by atoms with E-state index in [4.69, 9.17) is 0 Å². The monoisotopic (exact) mass is 313 g/mol. The predicted molar refractivity (Wildman–Crippen MR) is 103 cm³/mol. The van der Waals surface area contributed by atoms with Crippen molar-refractivity contribution < 1.29 is 0 Å². The second-order valence-corrected chi connectivity index (χ2v) is 6.34. The van der Waals surface area contributed by atoms with E-state index in [-0.39, 0.29) is 6.04 Å². The van der Waals surface area contributed by atoms with Gasteiger partial charge in [0.05, 0.1) is 6.04 Å². The molecule has 2 aromatic carbocycles. The van der Waals surface area contributed by atoms with Gasteiger partial charge in [-0.15, -0.1) is 5.92 Å². The second kappa shape index (κ2) is 7.23. The number of rotatable bonds is 3. The average molecular weight is 313 g/mol. The number of allylic oxidation sites excluding steroid dienone is 2. The second-order valence-electron chi connectivity index (χ2n) is 6.34. The topological polar surface area (TPSA) is 12.0 Å². The van der Waals surface area contributed by atoms with Crippen molar-refractivity contribution in [3.8, 4) is 23.0 Å². The molecule has 3 rings (SSSR count). The Kier molecular flexibility index (Phi) is 4.87. The van der Waals surface area contributed by atoms with Crippen LogP contribution in [0, 0.1) is 11.8 Å². The highest BCUT2D eigenvalue weighted by molar-refractivity contribution is 5.67. The van der Waals surface area contributed by atoms with Crippen molar-refractivity contribution in [2.75, 3.05) is 0 Å². The molecule has 0 aromatic heterocycles. The zero-order chi connectivity index (χ0) is 16.9. The maximum Gasteiger partial charge on any atom is 0.0708 e. The zero-order valence-corrected chi connectivity index (χ0v) is 14.5. The first-order valence-electron chi connectivity index (χ1n) is 8.45. The van der Waals surface area contributed by atoms with Gasteiger partial charge in [-0.25, -0.2) is 0 Å². The summed E-state index contributed by atoms with van der Waals surface area (Å²) < 4.78 is 0. The van der Waals surface area contributed by atoms with Crippen molar-refractivity contribution in [1.82, 2.24) is 5.32 Å². The van der Waals surface area contributed by atoms with E-state index in [1.807, 2.05) is 19.2 Å². The minimum absolute atomic E-state index is 0.167. The van der Waals surface area contributed by atoms with E-state index in [2.05, 4.69) is 85.6 Å². The van der Waals surface area contributed by atoms with Crippen LogP contribution in [0.3, 0.4) is 0 Å². The molecule has 1 nitrogen and oxygen atoms in total. The maximum atomic E-state index is 3.40. The molecule has 0 saturated carbocycles. The summed E-state index contributed by atoms with van der Waals surface area (Å²) in [6.45, 7) is 6.33. The summed E-state index contributed by atoms with van der Waals surface area (Å²) >= 11 is 0. The molecule has 0 saturated heterocycles. The summed E-state index contributed by atoms with van der Waals surface area (Å²) in [6, 6.07) is 15.6. The Morgan fingerprint density at radius 2 is 1.71 bits per heavy atom. The fourth-order valence-corrected chi connectivity index (χ4v) is 2.95. The highest BCUT2D eigenvalue weighted by atomic mass is 14.9. The van der Waals surface area contributed by atoms with Gasteiger partial charge >= 0.3 is 0 Å². The smallest absolute Gasteiger partial charge is 0.0708 e. The van der Waals surface area contributed by atoms with Gasteiger partial charge in [-0.1, -0.05) is 62.3 Å². The van der Waals surface area contributed by atoms with Crippen molar-refractivity contribution in [2.45, 2.75) is 32.7 Å². The van der Waals surface area contributed by atoms with Gasteiger partial charge < -0.3 is 5.32 Å². The highest BCUT2D eigenvalue weighted by Crippen LogP contribution is 2.28. The van der Waals surface area contributed by atoms with E-state index in [9.17, 15) is 0 Å². The van der Waals surface area contributed by atoms with Gasteiger partial charge in [-0.2, -0.15) is 0 Å². The SMILES string of the molecule is CC#Cc1ccc(-c2ccc(C(C)C)cc2)cc1C1C=CC=CN1. The molecule has 0 aliphatic carbocycles. The van der Waals surface area contributed by atoms with Crippen LogP contribution in [0.1, 0.15) is 49.4 Å². The van der Waals surface area contributed by atoms with Crippen molar-refractivity contribution in [2.24, 2.45) is 0 Å². The molecule has 1 heteroatoms. The summed E-state index contributed by atoms with van der Waals surface area (Å²) in [5.41, 5.74) is 6.14. The van der Waals surface area contributed by atoms with Gasteiger partial charge in [0.15, 0.2) is 0 Å². The van der Waals surface area contributed by atoms with E-state index in [0.29, 0.717) is 5.92 Å². The Balaban J connectivity index is 2.01. The Morgan fingerprint density at radius 3 is 2.33 bits per heavy atom. The van der Waals surface area contributed by atoms with Gasteiger partial charge in [-0.3, -0.25) is 0 Å². The van der Waals surface area contributed by atoms with E-state index in [1.165, 1.54) is 22.3 Å². The van der Waals surface area contributed by atoms with Crippen LogP contribution < -0.4 is 5.32 Å². The lowest BCUT2D eigenvalue weighted by atomic mass is 9.93. The molecule has 24 heavy (non-hydrogen) atoms. The molecule has 1 aliphatic heterocycles. The third-order valence-electron chi connectivity index (χ3n) is 4.34. The molecule has 1 heterocycles. The minimum atomic E-state index is 0.167. The number of dihydropyridines is 1. The van der Waals surface area contributed by atoms with Gasteiger partial charge in [0, 0.05) is 5.56 Å². The minimum Gasteiger partial charge on any atom is -0.381 e. The lowest BCUT2D eigenvalue weighted by Crippen LogP contribution is -2.16. The van der Waals surface area contributed by atoms with Gasteiger partial charge in [0.1, 0.15) is 0 Å². The molecule has 0 fully saturated rings. The van der Waals surface area contributed by atoms with Crippen LogP contribution in [0.25, 0.3) is 11.1 Å². The number of hydrogen-bond acceptors (Lipinski definition) is 1. The summed E-state index contributed by atoms with van der Waals surface area (Å²) in [5, 5.41) is 3.40. The summed E-state index contributed by atoms with van der Waals surface area (Å²) in [6.07, 6.45) is 8.24. The molecule has 1 atom stereocenters. The molecular weight excluding hydrogens is 290 g/mol. The zero-order valence-electron chi connectivity index (χ0n) is 14.5. The van der Waals surface area contributed by atoms with Crippen molar-refractivity contribution in [3.05, 3.63) is 83.6 Å². The molecule has 0 amide bonds. The lowest BCUT2D eigenvalue weighted by molar-refractivity contribution is 0.745. The van der Waals surface area contributed by atoms with E-state index in [1.54, 1.807) is 0 Å². The Hall–Kier alpha value is -2.72. The molecule has 0 radical (unpaired) electrons. The third-order valence-corrected chi connectivity index (χ3v) is 4.34. The molecule has 1 N–H and O–H groups in total. The van der Waals surface area contributed by atoms with Crippen molar-refractivity contribution >= 4 is 0 Å². The predicted octanol–water partition coefficient (Wildman–Crippen LogP) is 5.56. The molecular formula is C23H23N. The number of nitrogens with one attached hydrogen (secondary N) is 1.